The highest BCUT2D eigenvalue weighted by atomic mass is 16.3. The standard InChI is InChI=1S/C10H16N2O2/c1-12-5-2-3-9(12)8-7-14-10(11-8)4-6-13/h7,9,13H,2-6H2,1H3. The van der Waals surface area contributed by atoms with Crippen LogP contribution in [-0.4, -0.2) is 35.2 Å². The fourth-order valence-electron chi connectivity index (χ4n) is 1.97. The van der Waals surface area contributed by atoms with Crippen molar-refractivity contribution in [1.82, 2.24) is 9.88 Å². The number of aliphatic hydroxyl groups excluding tert-OH is 1. The Bertz CT molecular complexity index is 298. The first-order valence-electron chi connectivity index (χ1n) is 5.06. The largest absolute Gasteiger partial charge is 0.449 e. The maximum Gasteiger partial charge on any atom is 0.196 e. The van der Waals surface area contributed by atoms with Crippen LogP contribution in [0.25, 0.3) is 0 Å². The van der Waals surface area contributed by atoms with Gasteiger partial charge < -0.3 is 9.52 Å². The molecule has 14 heavy (non-hydrogen) atoms. The van der Waals surface area contributed by atoms with Crippen molar-refractivity contribution < 1.29 is 9.52 Å². The maximum absolute atomic E-state index is 8.74. The SMILES string of the molecule is CN1CCCC1c1coc(CCO)n1. The zero-order chi connectivity index (χ0) is 9.97. The van der Waals surface area contributed by atoms with E-state index in [0.717, 1.165) is 18.7 Å². The minimum Gasteiger partial charge on any atom is -0.449 e. The molecule has 78 valence electrons. The molecule has 0 saturated carbocycles. The second kappa shape index (κ2) is 4.11. The van der Waals surface area contributed by atoms with Gasteiger partial charge in [-0.15, -0.1) is 0 Å². The first-order valence-corrected chi connectivity index (χ1v) is 5.06. The van der Waals surface area contributed by atoms with Crippen LogP contribution in [0.2, 0.25) is 0 Å². The van der Waals surface area contributed by atoms with Crippen LogP contribution in [0.4, 0.5) is 0 Å². The monoisotopic (exact) mass is 196 g/mol. The van der Waals surface area contributed by atoms with E-state index in [9.17, 15) is 0 Å². The molecule has 1 aromatic rings. The molecular weight excluding hydrogens is 180 g/mol. The lowest BCUT2D eigenvalue weighted by atomic mass is 10.2. The lowest BCUT2D eigenvalue weighted by Gasteiger charge is -2.15. The molecule has 1 fully saturated rings. The van der Waals surface area contributed by atoms with Crippen molar-refractivity contribution in [3.8, 4) is 0 Å². The van der Waals surface area contributed by atoms with Gasteiger partial charge in [-0.05, 0) is 26.4 Å². The predicted molar refractivity (Wildman–Crippen MR) is 51.9 cm³/mol. The van der Waals surface area contributed by atoms with Crippen LogP contribution < -0.4 is 0 Å². The molecule has 0 spiro atoms. The molecule has 1 aliphatic heterocycles. The van der Waals surface area contributed by atoms with E-state index in [1.54, 1.807) is 6.26 Å². The molecule has 0 amide bonds. The summed E-state index contributed by atoms with van der Waals surface area (Å²) in [4.78, 5) is 6.66. The Hall–Kier alpha value is -0.870. The van der Waals surface area contributed by atoms with Crippen LogP contribution in [0.1, 0.15) is 30.5 Å². The predicted octanol–water partition coefficient (Wildman–Crippen LogP) is 0.976. The fraction of sp³-hybridized carbons (Fsp3) is 0.700. The third-order valence-electron chi connectivity index (χ3n) is 2.76. The van der Waals surface area contributed by atoms with Crippen molar-refractivity contribution in [2.75, 3.05) is 20.2 Å². The first kappa shape index (κ1) is 9.68. The number of hydrogen-bond donors (Lipinski definition) is 1. The number of rotatable bonds is 3. The highest BCUT2D eigenvalue weighted by Gasteiger charge is 2.25. The normalized spacial score (nSPS) is 23.1. The van der Waals surface area contributed by atoms with Gasteiger partial charge in [-0.3, -0.25) is 4.90 Å². The molecule has 0 aliphatic carbocycles. The van der Waals surface area contributed by atoms with E-state index in [1.807, 2.05) is 0 Å². The lowest BCUT2D eigenvalue weighted by molar-refractivity contribution is 0.285. The number of likely N-dealkylation sites (tertiary alicyclic amines) is 1. The molecule has 1 unspecified atom stereocenters. The van der Waals surface area contributed by atoms with Gasteiger partial charge in [0.05, 0.1) is 18.3 Å². The molecule has 0 aromatic carbocycles. The number of hydrogen-bond acceptors (Lipinski definition) is 4. The molecule has 2 heterocycles. The molecule has 1 N–H and O–H groups in total. The summed E-state index contributed by atoms with van der Waals surface area (Å²) in [7, 11) is 2.11. The van der Waals surface area contributed by atoms with E-state index >= 15 is 0 Å². The highest BCUT2D eigenvalue weighted by molar-refractivity contribution is 5.05. The van der Waals surface area contributed by atoms with Gasteiger partial charge in [-0.1, -0.05) is 0 Å². The van der Waals surface area contributed by atoms with Gasteiger partial charge in [0.15, 0.2) is 5.89 Å². The van der Waals surface area contributed by atoms with E-state index < -0.39 is 0 Å². The Morgan fingerprint density at radius 3 is 3.21 bits per heavy atom. The molecule has 1 atom stereocenters. The van der Waals surface area contributed by atoms with E-state index in [0.29, 0.717) is 18.4 Å². The van der Waals surface area contributed by atoms with E-state index in [1.165, 1.54) is 6.42 Å². The van der Waals surface area contributed by atoms with Gasteiger partial charge in [0.2, 0.25) is 0 Å². The van der Waals surface area contributed by atoms with Crippen LogP contribution in [0, 0.1) is 0 Å². The molecule has 4 nitrogen and oxygen atoms in total. The summed E-state index contributed by atoms with van der Waals surface area (Å²) in [5.41, 5.74) is 1.01. The van der Waals surface area contributed by atoms with Crippen LogP contribution in [0.5, 0.6) is 0 Å². The summed E-state index contributed by atoms with van der Waals surface area (Å²) in [6, 6.07) is 0.409. The molecule has 2 rings (SSSR count). The first-order chi connectivity index (χ1) is 6.81. The van der Waals surface area contributed by atoms with Gasteiger partial charge in [-0.25, -0.2) is 4.98 Å². The zero-order valence-electron chi connectivity index (χ0n) is 8.44. The van der Waals surface area contributed by atoms with E-state index in [4.69, 9.17) is 9.52 Å². The average Bonchev–Trinajstić information content (AvgIpc) is 2.74. The van der Waals surface area contributed by atoms with Gasteiger partial charge in [0, 0.05) is 6.42 Å². The number of nitrogens with zero attached hydrogens (tertiary/aromatic N) is 2. The quantitative estimate of drug-likeness (QED) is 0.782. The van der Waals surface area contributed by atoms with Crippen LogP contribution >= 0.6 is 0 Å². The summed E-state index contributed by atoms with van der Waals surface area (Å²) in [5, 5.41) is 8.74. The smallest absolute Gasteiger partial charge is 0.196 e. The summed E-state index contributed by atoms with van der Waals surface area (Å²) < 4.78 is 5.27. The van der Waals surface area contributed by atoms with Crippen molar-refractivity contribution in [2.45, 2.75) is 25.3 Å². The number of aromatic nitrogens is 1. The van der Waals surface area contributed by atoms with Crippen molar-refractivity contribution in [3.63, 3.8) is 0 Å². The van der Waals surface area contributed by atoms with Crippen molar-refractivity contribution in [2.24, 2.45) is 0 Å². The zero-order valence-corrected chi connectivity index (χ0v) is 8.44. The summed E-state index contributed by atoms with van der Waals surface area (Å²) in [5.74, 6) is 0.641. The van der Waals surface area contributed by atoms with Gasteiger partial charge in [0.1, 0.15) is 6.26 Å². The summed E-state index contributed by atoms with van der Waals surface area (Å²) in [6.45, 7) is 1.23. The maximum atomic E-state index is 8.74. The van der Waals surface area contributed by atoms with Crippen molar-refractivity contribution >= 4 is 0 Å². The van der Waals surface area contributed by atoms with Gasteiger partial charge >= 0.3 is 0 Å². The van der Waals surface area contributed by atoms with E-state index in [-0.39, 0.29) is 6.61 Å². The van der Waals surface area contributed by atoms with E-state index in [2.05, 4.69) is 16.9 Å². The average molecular weight is 196 g/mol. The molecule has 0 radical (unpaired) electrons. The second-order valence-corrected chi connectivity index (χ2v) is 3.78. The third-order valence-corrected chi connectivity index (χ3v) is 2.76. The Labute approximate surface area is 83.5 Å². The van der Waals surface area contributed by atoms with Crippen LogP contribution in [0.3, 0.4) is 0 Å². The second-order valence-electron chi connectivity index (χ2n) is 3.78. The Balaban J connectivity index is 2.08. The molecular formula is C10H16N2O2. The van der Waals surface area contributed by atoms with Crippen LogP contribution in [-0.2, 0) is 6.42 Å². The Morgan fingerprint density at radius 1 is 1.71 bits per heavy atom. The van der Waals surface area contributed by atoms with Gasteiger partial charge in [-0.2, -0.15) is 0 Å². The summed E-state index contributed by atoms with van der Waals surface area (Å²) in [6.07, 6.45) is 4.61. The molecule has 1 saturated heterocycles. The topological polar surface area (TPSA) is 49.5 Å². The molecule has 4 heteroatoms. The fourth-order valence-corrected chi connectivity index (χ4v) is 1.97. The molecule has 1 aliphatic rings. The molecule has 1 aromatic heterocycles. The number of aliphatic hydroxyl groups is 1. The van der Waals surface area contributed by atoms with Gasteiger partial charge in [0.25, 0.3) is 0 Å². The minimum atomic E-state index is 0.0977. The molecule has 0 bridgehead atoms. The third kappa shape index (κ3) is 1.81. The van der Waals surface area contributed by atoms with Crippen LogP contribution in [0.15, 0.2) is 10.7 Å². The summed E-state index contributed by atoms with van der Waals surface area (Å²) >= 11 is 0. The van der Waals surface area contributed by atoms with Crippen molar-refractivity contribution in [1.29, 1.82) is 0 Å². The highest BCUT2D eigenvalue weighted by Crippen LogP contribution is 2.29. The Morgan fingerprint density at radius 2 is 2.57 bits per heavy atom. The lowest BCUT2D eigenvalue weighted by Crippen LogP contribution is -2.17. The Kier molecular flexibility index (Phi) is 2.84. The van der Waals surface area contributed by atoms with Crippen molar-refractivity contribution in [3.05, 3.63) is 17.8 Å². The minimum absolute atomic E-state index is 0.0977. The number of oxazole rings is 1.